The Kier molecular flexibility index (Phi) is 25.6. The Morgan fingerprint density at radius 3 is 0.905 bits per heavy atom. The van der Waals surface area contributed by atoms with Crippen LogP contribution in [0.3, 0.4) is 0 Å². The minimum Gasteiger partial charge on any atom is -0.344 e. The van der Waals surface area contributed by atoms with Gasteiger partial charge in [-0.25, -0.2) is 0 Å². The highest BCUT2D eigenvalue weighted by molar-refractivity contribution is 9.09. The summed E-state index contributed by atoms with van der Waals surface area (Å²) in [4.78, 5) is 0. The van der Waals surface area contributed by atoms with Crippen LogP contribution < -0.4 is 6.15 Å². The Bertz CT molecular complexity index is 144. The van der Waals surface area contributed by atoms with Crippen molar-refractivity contribution in [3.8, 4) is 0 Å². The summed E-state index contributed by atoms with van der Waals surface area (Å²) in [5.74, 6) is 0. The van der Waals surface area contributed by atoms with Crippen molar-refractivity contribution >= 4 is 15.9 Å². The van der Waals surface area contributed by atoms with E-state index >= 15 is 0 Å². The van der Waals surface area contributed by atoms with Crippen molar-refractivity contribution in [1.29, 1.82) is 0 Å². The van der Waals surface area contributed by atoms with Crippen LogP contribution in [0.2, 0.25) is 0 Å². The first kappa shape index (κ1) is 23.7. The molecule has 2 heteroatoms. The molecule has 0 saturated heterocycles. The lowest BCUT2D eigenvalue weighted by Gasteiger charge is -2.03. The SMILES string of the molecule is CCCCCCCCCCCCCCCCCCCBr.N. The minimum atomic E-state index is 0. The maximum atomic E-state index is 3.49. The predicted octanol–water partition coefficient (Wildman–Crippen LogP) is 8.19. The fourth-order valence-electron chi connectivity index (χ4n) is 2.82. The van der Waals surface area contributed by atoms with Gasteiger partial charge in [-0.15, -0.1) is 0 Å². The van der Waals surface area contributed by atoms with Crippen LogP contribution in [-0.2, 0) is 0 Å². The van der Waals surface area contributed by atoms with Crippen molar-refractivity contribution in [3.05, 3.63) is 0 Å². The molecular weight excluding hydrogens is 322 g/mol. The first-order valence-corrected chi connectivity index (χ1v) is 10.6. The molecule has 0 aliphatic heterocycles. The highest BCUT2D eigenvalue weighted by Crippen LogP contribution is 2.14. The molecule has 0 radical (unpaired) electrons. The maximum absolute atomic E-state index is 3.49. The third kappa shape index (κ3) is 22.9. The standard InChI is InChI=1S/C19H39Br.H3N/c1-2-3-4-5-6-7-8-9-10-11-12-13-14-15-16-17-18-19-20;/h2-19H2,1H3;1H3. The van der Waals surface area contributed by atoms with Crippen molar-refractivity contribution in [2.24, 2.45) is 0 Å². The molecule has 21 heavy (non-hydrogen) atoms. The van der Waals surface area contributed by atoms with Gasteiger partial charge >= 0.3 is 0 Å². The topological polar surface area (TPSA) is 35.0 Å². The van der Waals surface area contributed by atoms with Gasteiger partial charge in [-0.3, -0.25) is 0 Å². The average molecular weight is 364 g/mol. The van der Waals surface area contributed by atoms with Gasteiger partial charge in [0.25, 0.3) is 0 Å². The monoisotopic (exact) mass is 363 g/mol. The summed E-state index contributed by atoms with van der Waals surface area (Å²) < 4.78 is 0. The van der Waals surface area contributed by atoms with Gasteiger partial charge in [0.2, 0.25) is 0 Å². The van der Waals surface area contributed by atoms with Crippen LogP contribution in [0.1, 0.15) is 116 Å². The number of alkyl halides is 1. The quantitative estimate of drug-likeness (QED) is 0.205. The molecule has 0 fully saturated rings. The van der Waals surface area contributed by atoms with Crippen LogP contribution in [0.15, 0.2) is 0 Å². The van der Waals surface area contributed by atoms with Crippen molar-refractivity contribution in [1.82, 2.24) is 6.15 Å². The number of hydrogen-bond acceptors (Lipinski definition) is 1. The summed E-state index contributed by atoms with van der Waals surface area (Å²) in [5.41, 5.74) is 0. The zero-order valence-electron chi connectivity index (χ0n) is 14.8. The second-order valence-corrected chi connectivity index (χ2v) is 7.14. The minimum absolute atomic E-state index is 0. The molecule has 0 spiro atoms. The molecule has 0 unspecified atom stereocenters. The summed E-state index contributed by atoms with van der Waals surface area (Å²) in [7, 11) is 0. The van der Waals surface area contributed by atoms with Crippen molar-refractivity contribution in [3.63, 3.8) is 0 Å². The van der Waals surface area contributed by atoms with Gasteiger partial charge < -0.3 is 6.15 Å². The van der Waals surface area contributed by atoms with Crippen molar-refractivity contribution < 1.29 is 0 Å². The van der Waals surface area contributed by atoms with Crippen LogP contribution >= 0.6 is 15.9 Å². The second kappa shape index (κ2) is 22.7. The zero-order chi connectivity index (χ0) is 14.7. The molecule has 0 heterocycles. The van der Waals surface area contributed by atoms with Gasteiger partial charge in [-0.2, -0.15) is 0 Å². The highest BCUT2D eigenvalue weighted by atomic mass is 79.9. The van der Waals surface area contributed by atoms with E-state index in [0.717, 1.165) is 0 Å². The van der Waals surface area contributed by atoms with E-state index in [2.05, 4.69) is 22.9 Å². The number of halogens is 1. The van der Waals surface area contributed by atoms with E-state index in [1.165, 1.54) is 114 Å². The van der Waals surface area contributed by atoms with E-state index in [4.69, 9.17) is 0 Å². The van der Waals surface area contributed by atoms with Gasteiger partial charge in [0.15, 0.2) is 0 Å². The van der Waals surface area contributed by atoms with E-state index in [1.807, 2.05) is 0 Å². The maximum Gasteiger partial charge on any atom is 0.00313 e. The summed E-state index contributed by atoms with van der Waals surface area (Å²) in [6.07, 6.45) is 24.8. The van der Waals surface area contributed by atoms with Gasteiger partial charge in [-0.1, -0.05) is 126 Å². The van der Waals surface area contributed by atoms with Crippen molar-refractivity contribution in [2.75, 3.05) is 5.33 Å². The summed E-state index contributed by atoms with van der Waals surface area (Å²) in [6.45, 7) is 2.29. The molecule has 0 rings (SSSR count). The average Bonchev–Trinajstić information content (AvgIpc) is 2.47. The fraction of sp³-hybridized carbons (Fsp3) is 1.00. The Morgan fingerprint density at radius 2 is 0.667 bits per heavy atom. The van der Waals surface area contributed by atoms with Crippen LogP contribution in [0.4, 0.5) is 0 Å². The zero-order valence-corrected chi connectivity index (χ0v) is 16.4. The Labute approximate surface area is 143 Å². The van der Waals surface area contributed by atoms with Crippen LogP contribution in [-0.4, -0.2) is 5.33 Å². The normalized spacial score (nSPS) is 10.6. The molecule has 1 nitrogen and oxygen atoms in total. The molecule has 0 aliphatic carbocycles. The Hall–Kier alpha value is 0.440. The van der Waals surface area contributed by atoms with E-state index in [-0.39, 0.29) is 6.15 Å². The molecule has 0 amide bonds. The molecule has 3 N–H and O–H groups in total. The number of hydrogen-bond donors (Lipinski definition) is 1. The van der Waals surface area contributed by atoms with Crippen LogP contribution in [0.5, 0.6) is 0 Å². The summed E-state index contributed by atoms with van der Waals surface area (Å²) in [5, 5.41) is 1.19. The molecule has 0 aliphatic rings. The lowest BCUT2D eigenvalue weighted by atomic mass is 10.0. The van der Waals surface area contributed by atoms with Crippen LogP contribution in [0, 0.1) is 0 Å². The van der Waals surface area contributed by atoms with Crippen LogP contribution in [0.25, 0.3) is 0 Å². The number of rotatable bonds is 17. The third-order valence-corrected chi connectivity index (χ3v) is 4.80. The largest absolute Gasteiger partial charge is 0.344 e. The molecule has 130 valence electrons. The lowest BCUT2D eigenvalue weighted by molar-refractivity contribution is 0.529. The van der Waals surface area contributed by atoms with Gasteiger partial charge in [0.05, 0.1) is 0 Å². The van der Waals surface area contributed by atoms with E-state index in [9.17, 15) is 0 Å². The molecule has 0 aromatic heterocycles. The summed E-state index contributed by atoms with van der Waals surface area (Å²) >= 11 is 3.49. The third-order valence-electron chi connectivity index (χ3n) is 4.24. The van der Waals surface area contributed by atoms with Crippen molar-refractivity contribution in [2.45, 2.75) is 116 Å². The van der Waals surface area contributed by atoms with Gasteiger partial charge in [0, 0.05) is 5.33 Å². The molecule has 0 atom stereocenters. The molecular formula is C19H42BrN. The molecule has 0 saturated carbocycles. The Balaban J connectivity index is 0. The van der Waals surface area contributed by atoms with Gasteiger partial charge in [-0.05, 0) is 6.42 Å². The number of unbranched alkanes of at least 4 members (excludes halogenated alkanes) is 16. The first-order chi connectivity index (χ1) is 9.91. The highest BCUT2D eigenvalue weighted by Gasteiger charge is 1.94. The van der Waals surface area contributed by atoms with Gasteiger partial charge in [0.1, 0.15) is 0 Å². The Morgan fingerprint density at radius 1 is 0.429 bits per heavy atom. The summed E-state index contributed by atoms with van der Waals surface area (Å²) in [6, 6.07) is 0. The smallest absolute Gasteiger partial charge is 0.00313 e. The van der Waals surface area contributed by atoms with E-state index in [1.54, 1.807) is 0 Å². The lowest BCUT2D eigenvalue weighted by Crippen LogP contribution is -1.84. The predicted molar refractivity (Wildman–Crippen MR) is 103 cm³/mol. The second-order valence-electron chi connectivity index (χ2n) is 6.35. The van der Waals surface area contributed by atoms with E-state index in [0.29, 0.717) is 0 Å². The molecule has 0 aromatic carbocycles. The van der Waals surface area contributed by atoms with E-state index < -0.39 is 0 Å². The first-order valence-electron chi connectivity index (χ1n) is 9.47. The molecule has 0 aromatic rings. The fourth-order valence-corrected chi connectivity index (χ4v) is 3.22. The molecule has 0 bridgehead atoms.